The van der Waals surface area contributed by atoms with Crippen molar-refractivity contribution < 1.29 is 14.3 Å². The summed E-state index contributed by atoms with van der Waals surface area (Å²) in [6.07, 6.45) is 0. The molecule has 0 aliphatic carbocycles. The maximum absolute atomic E-state index is 12.9. The van der Waals surface area contributed by atoms with Crippen LogP contribution in [0.15, 0.2) is 17.5 Å². The molecule has 2 aliphatic heterocycles. The molecule has 2 unspecified atom stereocenters. The van der Waals surface area contributed by atoms with E-state index < -0.39 is 12.0 Å². The van der Waals surface area contributed by atoms with Crippen molar-refractivity contribution in [2.75, 3.05) is 39.4 Å². The lowest BCUT2D eigenvalue weighted by atomic mass is 9.94. The fraction of sp³-hybridized carbons (Fsp3) is 0.571. The van der Waals surface area contributed by atoms with Crippen LogP contribution < -0.4 is 10.6 Å². The highest BCUT2D eigenvalue weighted by Crippen LogP contribution is 2.28. The molecule has 7 heteroatoms. The van der Waals surface area contributed by atoms with Gasteiger partial charge in [-0.05, 0) is 11.4 Å². The Balaban J connectivity index is 1.85. The van der Waals surface area contributed by atoms with Crippen LogP contribution in [0.5, 0.6) is 0 Å². The predicted molar refractivity (Wildman–Crippen MR) is 79.3 cm³/mol. The van der Waals surface area contributed by atoms with Crippen LogP contribution in [0.2, 0.25) is 0 Å². The Labute approximate surface area is 127 Å². The van der Waals surface area contributed by atoms with Gasteiger partial charge in [0.05, 0.1) is 19.1 Å². The van der Waals surface area contributed by atoms with E-state index in [2.05, 4.69) is 10.6 Å². The van der Waals surface area contributed by atoms with Gasteiger partial charge in [0.25, 0.3) is 0 Å². The number of ether oxygens (including phenoxy) is 1. The van der Waals surface area contributed by atoms with Crippen LogP contribution in [-0.4, -0.2) is 62.1 Å². The predicted octanol–water partition coefficient (Wildman–Crippen LogP) is -0.221. The maximum Gasteiger partial charge on any atom is 0.238 e. The van der Waals surface area contributed by atoms with Gasteiger partial charge in [0.15, 0.2) is 0 Å². The summed E-state index contributed by atoms with van der Waals surface area (Å²) in [6.45, 7) is 3.61. The number of carbonyl (C=O) groups excluding carboxylic acids is 2. The number of amides is 2. The third-order valence-corrected chi connectivity index (χ3v) is 4.80. The van der Waals surface area contributed by atoms with Crippen LogP contribution >= 0.6 is 11.3 Å². The summed E-state index contributed by atoms with van der Waals surface area (Å²) < 4.78 is 5.30. The molecule has 2 saturated heterocycles. The summed E-state index contributed by atoms with van der Waals surface area (Å²) in [5.41, 5.74) is 0. The lowest BCUT2D eigenvalue weighted by Crippen LogP contribution is -2.58. The lowest BCUT2D eigenvalue weighted by molar-refractivity contribution is -0.140. The van der Waals surface area contributed by atoms with E-state index in [1.165, 1.54) is 11.3 Å². The highest BCUT2D eigenvalue weighted by Gasteiger charge is 2.39. The van der Waals surface area contributed by atoms with Crippen molar-refractivity contribution in [3.8, 4) is 0 Å². The van der Waals surface area contributed by atoms with Crippen molar-refractivity contribution in [2.45, 2.75) is 12.0 Å². The molecule has 0 aromatic carbocycles. The van der Waals surface area contributed by atoms with Crippen LogP contribution in [0.1, 0.15) is 10.8 Å². The van der Waals surface area contributed by atoms with Gasteiger partial charge in [-0.3, -0.25) is 9.59 Å². The zero-order chi connectivity index (χ0) is 14.7. The molecule has 3 heterocycles. The first kappa shape index (κ1) is 14.5. The second-order valence-corrected chi connectivity index (χ2v) is 6.13. The smallest absolute Gasteiger partial charge is 0.238 e. The highest BCUT2D eigenvalue weighted by atomic mass is 32.1. The number of piperazine rings is 1. The molecule has 114 valence electrons. The molecule has 1 aromatic heterocycles. The Morgan fingerprint density at radius 2 is 2.19 bits per heavy atom. The summed E-state index contributed by atoms with van der Waals surface area (Å²) in [5.74, 6) is -0.542. The number of hydrogen-bond acceptors (Lipinski definition) is 5. The first-order valence-electron chi connectivity index (χ1n) is 7.18. The van der Waals surface area contributed by atoms with Gasteiger partial charge < -0.3 is 20.3 Å². The molecule has 6 nitrogen and oxygen atoms in total. The fourth-order valence-corrected chi connectivity index (χ4v) is 3.62. The molecule has 2 atom stereocenters. The summed E-state index contributed by atoms with van der Waals surface area (Å²) in [5, 5.41) is 7.97. The Hall–Kier alpha value is -1.44. The van der Waals surface area contributed by atoms with E-state index in [0.29, 0.717) is 39.4 Å². The van der Waals surface area contributed by atoms with Crippen molar-refractivity contribution in [3.63, 3.8) is 0 Å². The molecule has 1 aromatic rings. The van der Waals surface area contributed by atoms with E-state index in [4.69, 9.17) is 4.74 Å². The summed E-state index contributed by atoms with van der Waals surface area (Å²) in [6, 6.07) is 3.35. The molecule has 2 amide bonds. The second-order valence-electron chi connectivity index (χ2n) is 5.15. The molecule has 0 bridgehead atoms. The van der Waals surface area contributed by atoms with Gasteiger partial charge in [0, 0.05) is 31.1 Å². The fourth-order valence-electron chi connectivity index (χ4n) is 2.76. The summed E-state index contributed by atoms with van der Waals surface area (Å²) >= 11 is 1.52. The Bertz CT molecular complexity index is 500. The number of nitrogens with one attached hydrogen (secondary N) is 2. The number of carbonyl (C=O) groups is 2. The molecule has 0 saturated carbocycles. The first-order chi connectivity index (χ1) is 10.3. The Kier molecular flexibility index (Phi) is 4.52. The van der Waals surface area contributed by atoms with Crippen LogP contribution in [0.4, 0.5) is 0 Å². The van der Waals surface area contributed by atoms with Gasteiger partial charge >= 0.3 is 0 Å². The lowest BCUT2D eigenvalue weighted by Gasteiger charge is -2.34. The van der Waals surface area contributed by atoms with Gasteiger partial charge in [-0.25, -0.2) is 0 Å². The molecule has 2 fully saturated rings. The largest absolute Gasteiger partial charge is 0.378 e. The zero-order valence-electron chi connectivity index (χ0n) is 11.7. The first-order valence-corrected chi connectivity index (χ1v) is 8.06. The van der Waals surface area contributed by atoms with Crippen LogP contribution in [0, 0.1) is 0 Å². The number of morpholine rings is 1. The number of nitrogens with zero attached hydrogens (tertiary/aromatic N) is 1. The van der Waals surface area contributed by atoms with Crippen molar-refractivity contribution >= 4 is 23.2 Å². The third kappa shape index (κ3) is 3.09. The topological polar surface area (TPSA) is 70.7 Å². The monoisotopic (exact) mass is 309 g/mol. The van der Waals surface area contributed by atoms with Gasteiger partial charge in [-0.15, -0.1) is 11.3 Å². The highest BCUT2D eigenvalue weighted by molar-refractivity contribution is 7.10. The van der Waals surface area contributed by atoms with Crippen molar-refractivity contribution in [1.29, 1.82) is 0 Å². The minimum Gasteiger partial charge on any atom is -0.378 e. The van der Waals surface area contributed by atoms with Gasteiger partial charge in [0.1, 0.15) is 6.04 Å². The van der Waals surface area contributed by atoms with Crippen LogP contribution in [0.25, 0.3) is 0 Å². The average Bonchev–Trinajstić information content (AvgIpc) is 3.04. The van der Waals surface area contributed by atoms with E-state index in [1.807, 2.05) is 17.5 Å². The molecule has 0 radical (unpaired) electrons. The van der Waals surface area contributed by atoms with E-state index >= 15 is 0 Å². The van der Waals surface area contributed by atoms with E-state index in [-0.39, 0.29) is 11.8 Å². The van der Waals surface area contributed by atoms with Crippen molar-refractivity contribution in [1.82, 2.24) is 15.5 Å². The van der Waals surface area contributed by atoms with E-state index in [1.54, 1.807) is 4.90 Å². The normalized spacial score (nSPS) is 24.5. The van der Waals surface area contributed by atoms with Crippen molar-refractivity contribution in [2.24, 2.45) is 0 Å². The molecule has 21 heavy (non-hydrogen) atoms. The third-order valence-electron chi connectivity index (χ3n) is 3.84. The van der Waals surface area contributed by atoms with Crippen LogP contribution in [0.3, 0.4) is 0 Å². The van der Waals surface area contributed by atoms with Gasteiger partial charge in [-0.2, -0.15) is 0 Å². The molecular weight excluding hydrogens is 290 g/mol. The average molecular weight is 309 g/mol. The molecule has 3 rings (SSSR count). The number of thiophene rings is 1. The van der Waals surface area contributed by atoms with E-state index in [9.17, 15) is 9.59 Å². The summed E-state index contributed by atoms with van der Waals surface area (Å²) in [4.78, 5) is 27.8. The molecule has 2 N–H and O–H groups in total. The Morgan fingerprint density at radius 1 is 1.38 bits per heavy atom. The maximum atomic E-state index is 12.9. The summed E-state index contributed by atoms with van der Waals surface area (Å²) in [7, 11) is 0. The minimum atomic E-state index is -0.493. The quantitative estimate of drug-likeness (QED) is 0.810. The number of rotatable bonds is 3. The zero-order valence-corrected chi connectivity index (χ0v) is 12.5. The molecular formula is C14H19N3O3S. The number of hydrogen-bond donors (Lipinski definition) is 2. The van der Waals surface area contributed by atoms with Crippen LogP contribution in [-0.2, 0) is 14.3 Å². The minimum absolute atomic E-state index is 0.00954. The van der Waals surface area contributed by atoms with Crippen molar-refractivity contribution in [3.05, 3.63) is 22.4 Å². The second kappa shape index (κ2) is 6.55. The Morgan fingerprint density at radius 3 is 2.86 bits per heavy atom. The van der Waals surface area contributed by atoms with Gasteiger partial charge in [0.2, 0.25) is 11.8 Å². The standard InChI is InChI=1S/C14H19N3O3S/c18-13-12(15-3-4-16-13)11(10-2-1-9-21-10)14(19)17-5-7-20-8-6-17/h1-2,9,11-12,15H,3-8H2,(H,16,18). The molecule has 0 spiro atoms. The van der Waals surface area contributed by atoms with Gasteiger partial charge in [-0.1, -0.05) is 6.07 Å². The van der Waals surface area contributed by atoms with E-state index in [0.717, 1.165) is 4.88 Å². The molecule has 2 aliphatic rings. The SMILES string of the molecule is O=C1NCCNC1C(C(=O)N1CCOCC1)c1cccs1.